The van der Waals surface area contributed by atoms with Gasteiger partial charge in [0.25, 0.3) is 0 Å². The van der Waals surface area contributed by atoms with Crippen LogP contribution in [0.3, 0.4) is 0 Å². The van der Waals surface area contributed by atoms with Crippen LogP contribution in [0.15, 0.2) is 17.1 Å². The molecule has 2 rings (SSSR count). The van der Waals surface area contributed by atoms with Crippen LogP contribution < -0.4 is 11.4 Å². The summed E-state index contributed by atoms with van der Waals surface area (Å²) in [6.07, 6.45) is -2.45. The van der Waals surface area contributed by atoms with Gasteiger partial charge in [-0.05, 0) is 13.0 Å². The van der Waals surface area contributed by atoms with Crippen LogP contribution >= 0.6 is 0 Å². The molecule has 0 amide bonds. The molecule has 0 radical (unpaired) electrons. The second kappa shape index (κ2) is 4.32. The first-order chi connectivity index (χ1) is 8.39. The normalized spacial score (nSPS) is 35.9. The fourth-order valence-electron chi connectivity index (χ4n) is 1.90. The first-order valence-corrected chi connectivity index (χ1v) is 5.38. The molecule has 0 aromatic carbocycles. The molecule has 100 valence electrons. The molecule has 0 aliphatic carbocycles. The Morgan fingerprint density at radius 1 is 1.61 bits per heavy atom. The number of aliphatic hydroxyl groups excluding tert-OH is 3. The average Bonchev–Trinajstić information content (AvgIpc) is 2.55. The maximum Gasteiger partial charge on any atom is 0.351 e. The molecule has 8 heteroatoms. The van der Waals surface area contributed by atoms with Crippen molar-refractivity contribution in [3.8, 4) is 0 Å². The van der Waals surface area contributed by atoms with Crippen molar-refractivity contribution in [3.63, 3.8) is 0 Å². The zero-order chi connectivity index (χ0) is 13.5. The zero-order valence-corrected chi connectivity index (χ0v) is 9.72. The van der Waals surface area contributed by atoms with Gasteiger partial charge in [0.05, 0.1) is 6.61 Å². The zero-order valence-electron chi connectivity index (χ0n) is 9.72. The van der Waals surface area contributed by atoms with Gasteiger partial charge in [-0.2, -0.15) is 4.98 Å². The van der Waals surface area contributed by atoms with Crippen LogP contribution in [-0.2, 0) is 4.74 Å². The van der Waals surface area contributed by atoms with E-state index in [1.807, 2.05) is 0 Å². The fourth-order valence-corrected chi connectivity index (χ4v) is 1.90. The van der Waals surface area contributed by atoms with Gasteiger partial charge in [-0.25, -0.2) is 4.79 Å². The first kappa shape index (κ1) is 13.0. The second-order valence-electron chi connectivity index (χ2n) is 4.46. The van der Waals surface area contributed by atoms with Crippen molar-refractivity contribution >= 4 is 5.82 Å². The molecule has 1 aromatic rings. The molecule has 2 heterocycles. The lowest BCUT2D eigenvalue weighted by Gasteiger charge is -2.24. The van der Waals surface area contributed by atoms with E-state index in [1.165, 1.54) is 19.2 Å². The Morgan fingerprint density at radius 3 is 2.78 bits per heavy atom. The quantitative estimate of drug-likeness (QED) is 0.474. The van der Waals surface area contributed by atoms with E-state index in [0.717, 1.165) is 4.57 Å². The summed E-state index contributed by atoms with van der Waals surface area (Å²) in [5.41, 5.74) is 3.32. The lowest BCUT2D eigenvalue weighted by molar-refractivity contribution is -0.117. The van der Waals surface area contributed by atoms with Crippen LogP contribution in [-0.4, -0.2) is 49.3 Å². The molecule has 3 unspecified atom stereocenters. The van der Waals surface area contributed by atoms with Crippen molar-refractivity contribution in [2.75, 3.05) is 12.3 Å². The number of aromatic nitrogens is 2. The molecular formula is C10H15N3O5. The van der Waals surface area contributed by atoms with Crippen LogP contribution in [0, 0.1) is 0 Å². The molecule has 18 heavy (non-hydrogen) atoms. The van der Waals surface area contributed by atoms with Gasteiger partial charge in [-0.1, -0.05) is 0 Å². The van der Waals surface area contributed by atoms with Crippen LogP contribution in [0.25, 0.3) is 0 Å². The fraction of sp³-hybridized carbons (Fsp3) is 0.600. The summed E-state index contributed by atoms with van der Waals surface area (Å²) in [6.45, 7) is 0.954. The molecule has 1 aromatic heterocycles. The van der Waals surface area contributed by atoms with E-state index in [4.69, 9.17) is 10.5 Å². The molecule has 1 aliphatic rings. The Labute approximate surface area is 102 Å². The maximum absolute atomic E-state index is 11.6. The molecule has 4 atom stereocenters. The molecule has 1 saturated heterocycles. The topological polar surface area (TPSA) is 131 Å². The molecule has 0 bridgehead atoms. The SMILES string of the molecule is C[C@]1(CO)OC(n2ccc(N)nc2=O)C(O)C1O. The number of rotatable bonds is 2. The smallest absolute Gasteiger partial charge is 0.351 e. The Hall–Kier alpha value is -1.48. The minimum absolute atomic E-state index is 0.0502. The predicted molar refractivity (Wildman–Crippen MR) is 60.5 cm³/mol. The highest BCUT2D eigenvalue weighted by atomic mass is 16.6. The number of nitrogens with zero attached hydrogens (tertiary/aromatic N) is 2. The molecule has 0 spiro atoms. The third kappa shape index (κ3) is 1.89. The van der Waals surface area contributed by atoms with Gasteiger partial charge < -0.3 is 25.8 Å². The number of nitrogens with two attached hydrogens (primary N) is 1. The van der Waals surface area contributed by atoms with E-state index in [-0.39, 0.29) is 5.82 Å². The van der Waals surface area contributed by atoms with Crippen molar-refractivity contribution in [1.29, 1.82) is 0 Å². The standard InChI is InChI=1S/C10H15N3O5/c1-10(4-14)7(16)6(15)8(18-10)13-3-2-5(11)12-9(13)17/h2-3,6-8,14-16H,4H2,1H3,(H2,11,12,17)/t6?,7?,8?,10-/m1/s1. The summed E-state index contributed by atoms with van der Waals surface area (Å²) < 4.78 is 6.38. The lowest BCUT2D eigenvalue weighted by Crippen LogP contribution is -2.43. The van der Waals surface area contributed by atoms with Crippen molar-refractivity contribution in [1.82, 2.24) is 9.55 Å². The number of anilines is 1. The van der Waals surface area contributed by atoms with E-state index in [0.29, 0.717) is 0 Å². The highest BCUT2D eigenvalue weighted by Gasteiger charge is 2.51. The van der Waals surface area contributed by atoms with E-state index < -0.39 is 36.3 Å². The second-order valence-corrected chi connectivity index (χ2v) is 4.46. The molecule has 5 N–H and O–H groups in total. The van der Waals surface area contributed by atoms with Gasteiger partial charge >= 0.3 is 5.69 Å². The minimum Gasteiger partial charge on any atom is -0.393 e. The van der Waals surface area contributed by atoms with Gasteiger partial charge in [0.2, 0.25) is 0 Å². The molecule has 1 aliphatic heterocycles. The Kier molecular flexibility index (Phi) is 3.11. The Morgan fingerprint density at radius 2 is 2.28 bits per heavy atom. The third-order valence-corrected chi connectivity index (χ3v) is 3.07. The molecule has 0 saturated carbocycles. The summed E-state index contributed by atoms with van der Waals surface area (Å²) in [5.74, 6) is 0.0502. The maximum atomic E-state index is 11.6. The van der Waals surface area contributed by atoms with Crippen LogP contribution in [0.2, 0.25) is 0 Å². The van der Waals surface area contributed by atoms with Gasteiger partial charge in [0.15, 0.2) is 6.23 Å². The monoisotopic (exact) mass is 257 g/mol. The van der Waals surface area contributed by atoms with Gasteiger partial charge in [0.1, 0.15) is 23.6 Å². The average molecular weight is 257 g/mol. The van der Waals surface area contributed by atoms with Crippen LogP contribution in [0.4, 0.5) is 5.82 Å². The molecule has 8 nitrogen and oxygen atoms in total. The van der Waals surface area contributed by atoms with E-state index >= 15 is 0 Å². The number of ether oxygens (including phenoxy) is 1. The first-order valence-electron chi connectivity index (χ1n) is 5.38. The highest BCUT2D eigenvalue weighted by molar-refractivity contribution is 5.23. The summed E-state index contributed by atoms with van der Waals surface area (Å²) in [7, 11) is 0. The molecular weight excluding hydrogens is 242 g/mol. The summed E-state index contributed by atoms with van der Waals surface area (Å²) >= 11 is 0. The van der Waals surface area contributed by atoms with Crippen molar-refractivity contribution < 1.29 is 20.1 Å². The van der Waals surface area contributed by atoms with E-state index in [2.05, 4.69) is 4.98 Å². The minimum atomic E-state index is -1.34. The largest absolute Gasteiger partial charge is 0.393 e. The summed E-state index contributed by atoms with van der Waals surface area (Å²) in [4.78, 5) is 15.1. The van der Waals surface area contributed by atoms with E-state index in [9.17, 15) is 20.1 Å². The summed E-state index contributed by atoms with van der Waals surface area (Å²) in [6, 6.07) is 1.37. The third-order valence-electron chi connectivity index (χ3n) is 3.07. The highest BCUT2D eigenvalue weighted by Crippen LogP contribution is 2.35. The number of nitrogen functional groups attached to an aromatic ring is 1. The predicted octanol–water partition coefficient (Wildman–Crippen LogP) is -2.17. The number of hydrogen-bond acceptors (Lipinski definition) is 7. The Bertz CT molecular complexity index is 505. The summed E-state index contributed by atoms with van der Waals surface area (Å²) in [5, 5.41) is 28.8. The van der Waals surface area contributed by atoms with Crippen LogP contribution in [0.1, 0.15) is 13.2 Å². The van der Waals surface area contributed by atoms with Crippen LogP contribution in [0.5, 0.6) is 0 Å². The van der Waals surface area contributed by atoms with Gasteiger partial charge in [-0.3, -0.25) is 4.57 Å². The number of hydrogen-bond donors (Lipinski definition) is 4. The van der Waals surface area contributed by atoms with Crippen molar-refractivity contribution in [2.45, 2.75) is 31.0 Å². The lowest BCUT2D eigenvalue weighted by atomic mass is 9.99. The van der Waals surface area contributed by atoms with Gasteiger partial charge in [-0.15, -0.1) is 0 Å². The van der Waals surface area contributed by atoms with E-state index in [1.54, 1.807) is 0 Å². The van der Waals surface area contributed by atoms with Gasteiger partial charge in [0, 0.05) is 6.20 Å². The van der Waals surface area contributed by atoms with Crippen molar-refractivity contribution in [3.05, 3.63) is 22.7 Å². The molecule has 1 fully saturated rings. The number of aliphatic hydroxyl groups is 3. The van der Waals surface area contributed by atoms with Crippen molar-refractivity contribution in [2.24, 2.45) is 0 Å². The Balaban J connectivity index is 2.38.